The average Bonchev–Trinajstić information content (AvgIpc) is 2.81. The third-order valence-electron chi connectivity index (χ3n) is 4.65. The summed E-state index contributed by atoms with van der Waals surface area (Å²) in [5, 5.41) is 0. The summed E-state index contributed by atoms with van der Waals surface area (Å²) in [6, 6.07) is 0. The minimum atomic E-state index is -0.0971. The van der Waals surface area contributed by atoms with Gasteiger partial charge >= 0.3 is 0 Å². The summed E-state index contributed by atoms with van der Waals surface area (Å²) in [6.45, 7) is 5.35. The van der Waals surface area contributed by atoms with Crippen molar-refractivity contribution >= 4 is 11.7 Å². The molecule has 1 aliphatic carbocycles. The van der Waals surface area contributed by atoms with Crippen molar-refractivity contribution in [3.8, 4) is 0 Å². The van der Waals surface area contributed by atoms with Crippen molar-refractivity contribution in [3.63, 3.8) is 0 Å². The standard InChI is InChI=1S/C14H23NO2/c1-3-14(7-4-5-8-14)13(17)15-9-6-12(16)11(2)10-15/h11H,3-10H2,1-2H3. The molecular weight excluding hydrogens is 214 g/mol. The first kappa shape index (κ1) is 12.6. The number of Topliss-reactive ketones (excluding diaryl/α,β-unsaturated/α-hetero) is 1. The van der Waals surface area contributed by atoms with Crippen LogP contribution in [0, 0.1) is 11.3 Å². The molecule has 3 heteroatoms. The van der Waals surface area contributed by atoms with E-state index in [1.165, 1.54) is 12.8 Å². The topological polar surface area (TPSA) is 37.4 Å². The van der Waals surface area contributed by atoms with E-state index in [4.69, 9.17) is 0 Å². The van der Waals surface area contributed by atoms with Crippen molar-refractivity contribution in [1.29, 1.82) is 0 Å². The van der Waals surface area contributed by atoms with Gasteiger partial charge in [-0.2, -0.15) is 0 Å². The fourth-order valence-electron chi connectivity index (χ4n) is 3.31. The molecule has 1 atom stereocenters. The Hall–Kier alpha value is -0.860. The van der Waals surface area contributed by atoms with Gasteiger partial charge in [0, 0.05) is 30.8 Å². The van der Waals surface area contributed by atoms with Crippen LogP contribution in [0.2, 0.25) is 0 Å². The highest BCUT2D eigenvalue weighted by molar-refractivity contribution is 5.87. The largest absolute Gasteiger partial charge is 0.341 e. The maximum Gasteiger partial charge on any atom is 0.228 e. The van der Waals surface area contributed by atoms with Gasteiger partial charge in [-0.3, -0.25) is 9.59 Å². The molecule has 0 N–H and O–H groups in total. The number of likely N-dealkylation sites (tertiary alicyclic amines) is 1. The maximum atomic E-state index is 12.6. The fraction of sp³-hybridized carbons (Fsp3) is 0.857. The molecule has 2 rings (SSSR count). The fourth-order valence-corrected chi connectivity index (χ4v) is 3.31. The van der Waals surface area contributed by atoms with Crippen LogP contribution in [0.25, 0.3) is 0 Å². The van der Waals surface area contributed by atoms with Gasteiger partial charge < -0.3 is 4.90 Å². The van der Waals surface area contributed by atoms with Gasteiger partial charge in [-0.15, -0.1) is 0 Å². The number of nitrogens with zero attached hydrogens (tertiary/aromatic N) is 1. The average molecular weight is 237 g/mol. The van der Waals surface area contributed by atoms with Crippen LogP contribution in [0.1, 0.15) is 52.4 Å². The van der Waals surface area contributed by atoms with E-state index in [0.29, 0.717) is 31.2 Å². The summed E-state index contributed by atoms with van der Waals surface area (Å²) in [5.74, 6) is 0.658. The molecule has 0 bridgehead atoms. The number of ketones is 1. The van der Waals surface area contributed by atoms with E-state index in [1.807, 2.05) is 11.8 Å². The van der Waals surface area contributed by atoms with Crippen LogP contribution in [0.5, 0.6) is 0 Å². The lowest BCUT2D eigenvalue weighted by molar-refractivity contribution is -0.146. The summed E-state index contributed by atoms with van der Waals surface area (Å²) in [6.07, 6.45) is 5.95. The van der Waals surface area contributed by atoms with E-state index < -0.39 is 0 Å². The predicted octanol–water partition coefficient (Wildman–Crippen LogP) is 2.39. The molecular formula is C14H23NO2. The van der Waals surface area contributed by atoms with Gasteiger partial charge in [0.15, 0.2) is 0 Å². The number of hydrogen-bond acceptors (Lipinski definition) is 2. The highest BCUT2D eigenvalue weighted by atomic mass is 16.2. The number of carbonyl (C=O) groups is 2. The van der Waals surface area contributed by atoms with Gasteiger partial charge in [0.1, 0.15) is 5.78 Å². The van der Waals surface area contributed by atoms with E-state index in [1.54, 1.807) is 0 Å². The second-order valence-electron chi connectivity index (χ2n) is 5.71. The molecule has 2 fully saturated rings. The Morgan fingerprint density at radius 3 is 2.59 bits per heavy atom. The van der Waals surface area contributed by atoms with E-state index in [-0.39, 0.29) is 11.3 Å². The van der Waals surface area contributed by atoms with Crippen molar-refractivity contribution in [2.24, 2.45) is 11.3 Å². The second-order valence-corrected chi connectivity index (χ2v) is 5.71. The Morgan fingerprint density at radius 2 is 2.06 bits per heavy atom. The Morgan fingerprint density at radius 1 is 1.41 bits per heavy atom. The summed E-state index contributed by atoms with van der Waals surface area (Å²) >= 11 is 0. The van der Waals surface area contributed by atoms with Crippen LogP contribution in [0.3, 0.4) is 0 Å². The molecule has 0 spiro atoms. The first-order valence-electron chi connectivity index (χ1n) is 6.91. The summed E-state index contributed by atoms with van der Waals surface area (Å²) in [7, 11) is 0. The van der Waals surface area contributed by atoms with Crippen molar-refractivity contribution in [2.45, 2.75) is 52.4 Å². The minimum Gasteiger partial charge on any atom is -0.341 e. The summed E-state index contributed by atoms with van der Waals surface area (Å²) in [4.78, 5) is 26.1. The number of carbonyl (C=O) groups excluding carboxylic acids is 2. The number of hydrogen-bond donors (Lipinski definition) is 0. The van der Waals surface area contributed by atoms with Crippen molar-refractivity contribution in [1.82, 2.24) is 4.90 Å². The van der Waals surface area contributed by atoms with Crippen LogP contribution in [0.4, 0.5) is 0 Å². The molecule has 1 unspecified atom stereocenters. The zero-order valence-corrected chi connectivity index (χ0v) is 11.0. The van der Waals surface area contributed by atoms with Crippen molar-refractivity contribution in [3.05, 3.63) is 0 Å². The first-order valence-corrected chi connectivity index (χ1v) is 6.91. The quantitative estimate of drug-likeness (QED) is 0.739. The lowest BCUT2D eigenvalue weighted by Gasteiger charge is -2.37. The van der Waals surface area contributed by atoms with Gasteiger partial charge in [-0.05, 0) is 19.3 Å². The van der Waals surface area contributed by atoms with Gasteiger partial charge in [0.25, 0.3) is 0 Å². The van der Waals surface area contributed by atoms with E-state index in [2.05, 4.69) is 6.92 Å². The van der Waals surface area contributed by atoms with E-state index in [9.17, 15) is 9.59 Å². The van der Waals surface area contributed by atoms with Crippen LogP contribution in [-0.2, 0) is 9.59 Å². The zero-order valence-electron chi connectivity index (χ0n) is 11.0. The van der Waals surface area contributed by atoms with E-state index >= 15 is 0 Å². The predicted molar refractivity (Wildman–Crippen MR) is 66.6 cm³/mol. The molecule has 1 aliphatic heterocycles. The molecule has 17 heavy (non-hydrogen) atoms. The van der Waals surface area contributed by atoms with Crippen molar-refractivity contribution in [2.75, 3.05) is 13.1 Å². The number of rotatable bonds is 2. The molecule has 0 radical (unpaired) electrons. The van der Waals surface area contributed by atoms with Crippen LogP contribution < -0.4 is 0 Å². The molecule has 1 saturated carbocycles. The Bertz CT molecular complexity index is 318. The Balaban J connectivity index is 2.06. The second kappa shape index (κ2) is 4.79. The highest BCUT2D eigenvalue weighted by Crippen LogP contribution is 2.42. The Kier molecular flexibility index (Phi) is 3.55. The first-order chi connectivity index (χ1) is 8.09. The number of amides is 1. The van der Waals surface area contributed by atoms with Gasteiger partial charge in [0.05, 0.1) is 0 Å². The van der Waals surface area contributed by atoms with Gasteiger partial charge in [-0.25, -0.2) is 0 Å². The summed E-state index contributed by atoms with van der Waals surface area (Å²) < 4.78 is 0. The molecule has 0 aromatic heterocycles. The third-order valence-corrected chi connectivity index (χ3v) is 4.65. The SMILES string of the molecule is CCC1(C(=O)N2CCC(=O)C(C)C2)CCCC1. The number of piperidine rings is 1. The zero-order chi connectivity index (χ0) is 12.5. The molecule has 1 amide bonds. The normalized spacial score (nSPS) is 28.5. The van der Waals surface area contributed by atoms with Crippen LogP contribution in [-0.4, -0.2) is 29.7 Å². The van der Waals surface area contributed by atoms with Gasteiger partial charge in [0.2, 0.25) is 5.91 Å². The molecule has 0 aromatic carbocycles. The molecule has 2 aliphatic rings. The molecule has 0 aromatic rings. The molecule has 96 valence electrons. The van der Waals surface area contributed by atoms with Gasteiger partial charge in [-0.1, -0.05) is 26.7 Å². The van der Waals surface area contributed by atoms with Crippen molar-refractivity contribution < 1.29 is 9.59 Å². The van der Waals surface area contributed by atoms with Crippen LogP contribution in [0.15, 0.2) is 0 Å². The third kappa shape index (κ3) is 2.24. The maximum absolute atomic E-state index is 12.6. The Labute approximate surface area is 104 Å². The smallest absolute Gasteiger partial charge is 0.228 e. The highest BCUT2D eigenvalue weighted by Gasteiger charge is 2.43. The molecule has 1 saturated heterocycles. The lowest BCUT2D eigenvalue weighted by atomic mass is 9.81. The lowest BCUT2D eigenvalue weighted by Crippen LogP contribution is -2.49. The molecule has 3 nitrogen and oxygen atoms in total. The summed E-state index contributed by atoms with van der Waals surface area (Å²) in [5.41, 5.74) is -0.0971. The molecule has 1 heterocycles. The van der Waals surface area contributed by atoms with E-state index in [0.717, 1.165) is 19.3 Å². The monoisotopic (exact) mass is 237 g/mol. The minimum absolute atomic E-state index is 0.0306. The van der Waals surface area contributed by atoms with Crippen LogP contribution >= 0.6 is 0 Å².